The molecule has 1 heterocycles. The molecule has 1 atom stereocenters. The van der Waals surface area contributed by atoms with E-state index in [1.54, 1.807) is 0 Å². The van der Waals surface area contributed by atoms with Crippen LogP contribution >= 0.6 is 0 Å². The number of carbonyl (C=O) groups excluding carboxylic acids is 1. The Morgan fingerprint density at radius 3 is 0.776 bits per heavy atom. The van der Waals surface area contributed by atoms with Gasteiger partial charge in [-0.2, -0.15) is 0 Å². The molecule has 0 radical (unpaired) electrons. The molecule has 0 aromatic carbocycles. The van der Waals surface area contributed by atoms with Crippen LogP contribution in [0.1, 0.15) is 356 Å². The lowest BCUT2D eigenvalue weighted by molar-refractivity contribution is -0.120. The highest BCUT2D eigenvalue weighted by atomic mass is 16.1. The van der Waals surface area contributed by atoms with Crippen LogP contribution in [0.5, 0.6) is 0 Å². The van der Waals surface area contributed by atoms with Gasteiger partial charge >= 0.3 is 0 Å². The van der Waals surface area contributed by atoms with Crippen molar-refractivity contribution in [1.29, 1.82) is 0 Å². The van der Waals surface area contributed by atoms with Crippen molar-refractivity contribution in [1.82, 2.24) is 24.5 Å². The second kappa shape index (κ2) is 60.6. The number of hydrogen-bond donors (Lipinski definition) is 0. The lowest BCUT2D eigenvalue weighted by Crippen LogP contribution is -2.58. The fourth-order valence-electron chi connectivity index (χ4n) is 12.3. The van der Waals surface area contributed by atoms with Crippen molar-refractivity contribution in [2.45, 2.75) is 362 Å². The first-order chi connectivity index (χ1) is 37.6. The van der Waals surface area contributed by atoms with Gasteiger partial charge < -0.3 is 14.6 Å². The molecule has 1 aliphatic heterocycles. The Balaban J connectivity index is 2.88. The topological polar surface area (TPSA) is 33.3 Å². The van der Waals surface area contributed by atoms with Gasteiger partial charge in [-0.3, -0.25) is 14.7 Å². The highest BCUT2D eigenvalue weighted by Gasteiger charge is 2.28. The molecular formula is C70H143N5O. The van der Waals surface area contributed by atoms with Crippen LogP contribution in [0.4, 0.5) is 0 Å². The van der Waals surface area contributed by atoms with Crippen LogP contribution in [0.25, 0.3) is 0 Å². The van der Waals surface area contributed by atoms with E-state index in [2.05, 4.69) is 59.1 Å². The maximum atomic E-state index is 13.4. The standard InChI is InChI=1S/C70H143N5O/c1-6-11-16-21-26-31-36-41-46-51-56-71(57-52-47-42-37-32-27-22-17-12-7-2)61-62-73-64-67-75(68-65-73)70(69-76)74(60-55-50-45-40-35-30-25-20-15-10-5)66-63-72(58-53-48-43-38-33-28-23-18-13-8-3)59-54-49-44-39-34-29-24-19-14-9-4/h69-70H,6-68H2,1-5H3/t70-/m0/s1. The van der Waals surface area contributed by atoms with Gasteiger partial charge in [-0.15, -0.1) is 0 Å². The van der Waals surface area contributed by atoms with Gasteiger partial charge in [-0.1, -0.05) is 324 Å². The number of aldehydes is 1. The van der Waals surface area contributed by atoms with E-state index >= 15 is 0 Å². The number of nitrogens with zero attached hydrogens (tertiary/aromatic N) is 5. The first-order valence-corrected chi connectivity index (χ1v) is 35.7. The van der Waals surface area contributed by atoms with Crippen LogP contribution in [-0.2, 0) is 4.79 Å². The molecule has 0 amide bonds. The SMILES string of the molecule is CCCCCCCCCCCCN(CCCCCCCCCCCC)CCN1CCN([C@@H](C=O)N(CCCCCCCCCCCC)CCN(CCCCCCCCCCCC)CCCCCCCCCCCC)CC1. The Hall–Kier alpha value is -0.530. The largest absolute Gasteiger partial charge is 0.302 e. The van der Waals surface area contributed by atoms with Gasteiger partial charge in [-0.25, -0.2) is 0 Å². The second-order valence-electron chi connectivity index (χ2n) is 25.1. The zero-order valence-electron chi connectivity index (χ0n) is 53.3. The zero-order valence-corrected chi connectivity index (χ0v) is 53.3. The normalized spacial score (nSPS) is 14.1. The first-order valence-electron chi connectivity index (χ1n) is 35.7. The molecule has 0 N–H and O–H groups in total. The minimum atomic E-state index is -0.0820. The molecule has 454 valence electrons. The molecule has 0 aromatic heterocycles. The van der Waals surface area contributed by atoms with E-state index in [1.165, 1.54) is 367 Å². The summed E-state index contributed by atoms with van der Waals surface area (Å²) in [4.78, 5) is 27.0. The van der Waals surface area contributed by atoms with Gasteiger partial charge in [0, 0.05) is 58.9 Å². The predicted octanol–water partition coefficient (Wildman–Crippen LogP) is 20.6. The summed E-state index contributed by atoms with van der Waals surface area (Å²) in [5, 5.41) is 0. The lowest BCUT2D eigenvalue weighted by atomic mass is 10.1. The Bertz CT molecular complexity index is 1050. The highest BCUT2D eigenvalue weighted by molar-refractivity contribution is 5.57. The Morgan fingerprint density at radius 1 is 0.276 bits per heavy atom. The first kappa shape index (κ1) is 73.5. The monoisotopic (exact) mass is 1070 g/mol. The van der Waals surface area contributed by atoms with Gasteiger partial charge in [0.15, 0.2) is 6.29 Å². The number of hydrogen-bond acceptors (Lipinski definition) is 6. The smallest absolute Gasteiger partial charge is 0.151 e. The van der Waals surface area contributed by atoms with Crippen LogP contribution in [0.2, 0.25) is 0 Å². The van der Waals surface area contributed by atoms with E-state index < -0.39 is 0 Å². The Labute approximate surface area is 480 Å². The fourth-order valence-corrected chi connectivity index (χ4v) is 12.3. The van der Waals surface area contributed by atoms with E-state index in [0.717, 1.165) is 45.8 Å². The predicted molar refractivity (Wildman–Crippen MR) is 342 cm³/mol. The average molecular weight is 1070 g/mol. The summed E-state index contributed by atoms with van der Waals surface area (Å²) in [6.45, 7) is 26.5. The molecule has 6 nitrogen and oxygen atoms in total. The summed E-state index contributed by atoms with van der Waals surface area (Å²) in [6.07, 6.45) is 71.3. The molecule has 0 unspecified atom stereocenters. The number of piperazine rings is 1. The second-order valence-corrected chi connectivity index (χ2v) is 25.1. The Morgan fingerprint density at radius 2 is 0.513 bits per heavy atom. The molecule has 0 saturated carbocycles. The van der Waals surface area contributed by atoms with Gasteiger partial charge in [0.25, 0.3) is 0 Å². The van der Waals surface area contributed by atoms with Gasteiger partial charge in [-0.05, 0) is 58.3 Å². The molecule has 6 heteroatoms. The summed E-state index contributed by atoms with van der Waals surface area (Å²) >= 11 is 0. The van der Waals surface area contributed by atoms with E-state index in [-0.39, 0.29) is 6.17 Å². The van der Waals surface area contributed by atoms with E-state index in [4.69, 9.17) is 0 Å². The molecule has 0 aliphatic carbocycles. The third-order valence-electron chi connectivity index (χ3n) is 17.8. The van der Waals surface area contributed by atoms with E-state index in [0.29, 0.717) is 0 Å². The van der Waals surface area contributed by atoms with E-state index in [9.17, 15) is 4.79 Å². The van der Waals surface area contributed by atoms with Crippen LogP contribution in [-0.4, -0.2) is 122 Å². The van der Waals surface area contributed by atoms with Crippen molar-refractivity contribution in [3.63, 3.8) is 0 Å². The van der Waals surface area contributed by atoms with Crippen molar-refractivity contribution in [2.24, 2.45) is 0 Å². The van der Waals surface area contributed by atoms with Crippen molar-refractivity contribution in [3.05, 3.63) is 0 Å². The van der Waals surface area contributed by atoms with Crippen molar-refractivity contribution >= 4 is 6.29 Å². The van der Waals surface area contributed by atoms with Crippen LogP contribution < -0.4 is 0 Å². The third kappa shape index (κ3) is 48.2. The van der Waals surface area contributed by atoms with Crippen molar-refractivity contribution in [3.8, 4) is 0 Å². The number of unbranched alkanes of at least 4 members (excludes halogenated alkanes) is 45. The lowest BCUT2D eigenvalue weighted by Gasteiger charge is -2.42. The average Bonchev–Trinajstić information content (AvgIpc) is 3.43. The fraction of sp³-hybridized carbons (Fsp3) is 0.986. The highest BCUT2D eigenvalue weighted by Crippen LogP contribution is 2.19. The van der Waals surface area contributed by atoms with Crippen LogP contribution in [0.15, 0.2) is 0 Å². The molecule has 76 heavy (non-hydrogen) atoms. The van der Waals surface area contributed by atoms with Gasteiger partial charge in [0.1, 0.15) is 6.17 Å². The van der Waals surface area contributed by atoms with Crippen molar-refractivity contribution < 1.29 is 4.79 Å². The minimum Gasteiger partial charge on any atom is -0.302 e. The molecule has 1 aliphatic rings. The van der Waals surface area contributed by atoms with Crippen LogP contribution in [0, 0.1) is 0 Å². The molecule has 0 spiro atoms. The molecular weight excluding hydrogens is 927 g/mol. The van der Waals surface area contributed by atoms with Gasteiger partial charge in [0.2, 0.25) is 0 Å². The maximum Gasteiger partial charge on any atom is 0.151 e. The summed E-state index contributed by atoms with van der Waals surface area (Å²) in [7, 11) is 0. The summed E-state index contributed by atoms with van der Waals surface area (Å²) in [6, 6.07) is 0. The summed E-state index contributed by atoms with van der Waals surface area (Å²) in [5.41, 5.74) is 0. The van der Waals surface area contributed by atoms with Crippen molar-refractivity contribution in [2.75, 3.05) is 85.1 Å². The number of rotatable bonds is 64. The third-order valence-corrected chi connectivity index (χ3v) is 17.8. The molecule has 1 saturated heterocycles. The Kier molecular flexibility index (Phi) is 58.6. The molecule has 1 rings (SSSR count). The minimum absolute atomic E-state index is 0.0820. The number of carbonyl (C=O) groups is 1. The van der Waals surface area contributed by atoms with Gasteiger partial charge in [0.05, 0.1) is 0 Å². The van der Waals surface area contributed by atoms with E-state index in [1.807, 2.05) is 0 Å². The van der Waals surface area contributed by atoms with Crippen LogP contribution in [0.3, 0.4) is 0 Å². The zero-order chi connectivity index (χ0) is 54.7. The molecule has 1 fully saturated rings. The molecule has 0 aromatic rings. The summed E-state index contributed by atoms with van der Waals surface area (Å²) < 4.78 is 0. The molecule has 0 bridgehead atoms. The summed E-state index contributed by atoms with van der Waals surface area (Å²) in [5.74, 6) is 0. The quantitative estimate of drug-likeness (QED) is 0.0446. The maximum absolute atomic E-state index is 13.4.